The molecule has 0 aliphatic heterocycles. The Morgan fingerprint density at radius 1 is 0.452 bits per heavy atom. The van der Waals surface area contributed by atoms with Crippen molar-refractivity contribution in [3.8, 4) is 33.6 Å². The number of benzene rings is 9. The molecule has 0 amide bonds. The average molecular weight is 930 g/mol. The molecule has 3 nitrogen and oxygen atoms in total. The first-order valence-corrected chi connectivity index (χ1v) is 25.7. The second kappa shape index (κ2) is 16.5. The van der Waals surface area contributed by atoms with Crippen molar-refractivity contribution in [2.75, 3.05) is 0 Å². The van der Waals surface area contributed by atoms with Crippen molar-refractivity contribution in [2.45, 2.75) is 30.6 Å². The summed E-state index contributed by atoms with van der Waals surface area (Å²) in [6, 6.07) is 77.8. The Balaban J connectivity index is 0.897. The topological polar surface area (TPSA) is 38.7 Å². The monoisotopic (exact) mass is 929 g/mol. The molecule has 1 atom stereocenters. The molecule has 1 unspecified atom stereocenters. The summed E-state index contributed by atoms with van der Waals surface area (Å²) in [5, 5.41) is 9.53. The lowest BCUT2D eigenvalue weighted by molar-refractivity contribution is 0.769. The molecule has 15 rings (SSSR count). The first-order chi connectivity index (χ1) is 36.2. The number of rotatable bonds is 6. The highest BCUT2D eigenvalue weighted by atomic mass is 14.8. The van der Waals surface area contributed by atoms with E-state index in [1.165, 1.54) is 82.4 Å². The van der Waals surface area contributed by atoms with Crippen molar-refractivity contribution in [3.05, 3.63) is 281 Å². The fourth-order valence-electron chi connectivity index (χ4n) is 12.9. The first-order valence-electron chi connectivity index (χ1n) is 25.7. The van der Waals surface area contributed by atoms with Crippen molar-refractivity contribution in [1.29, 1.82) is 0 Å². The molecule has 3 heteroatoms. The van der Waals surface area contributed by atoms with Crippen LogP contribution in [0.3, 0.4) is 0 Å². The predicted octanol–water partition coefficient (Wildman–Crippen LogP) is 17.4. The van der Waals surface area contributed by atoms with Crippen molar-refractivity contribution >= 4 is 65.8 Å². The van der Waals surface area contributed by atoms with Crippen LogP contribution < -0.4 is 0 Å². The minimum atomic E-state index is -0.475. The highest BCUT2D eigenvalue weighted by molar-refractivity contribution is 6.19. The fourth-order valence-corrected chi connectivity index (χ4v) is 12.9. The lowest BCUT2D eigenvalue weighted by atomic mass is 9.67. The van der Waals surface area contributed by atoms with E-state index >= 15 is 0 Å². The van der Waals surface area contributed by atoms with Crippen LogP contribution in [0.1, 0.15) is 63.5 Å². The number of pyridine rings is 3. The van der Waals surface area contributed by atoms with Gasteiger partial charge in [0.2, 0.25) is 0 Å². The van der Waals surface area contributed by atoms with Crippen molar-refractivity contribution in [2.24, 2.45) is 0 Å². The zero-order valence-corrected chi connectivity index (χ0v) is 40.1. The average Bonchev–Trinajstić information content (AvgIpc) is 3.76. The molecular formula is C70H47N3. The second-order valence-electron chi connectivity index (χ2n) is 20.0. The van der Waals surface area contributed by atoms with E-state index in [1.807, 2.05) is 6.07 Å². The van der Waals surface area contributed by atoms with Gasteiger partial charge in [0, 0.05) is 33.2 Å². The van der Waals surface area contributed by atoms with Gasteiger partial charge in [-0.25, -0.2) is 9.97 Å². The third kappa shape index (κ3) is 6.35. The van der Waals surface area contributed by atoms with Gasteiger partial charge in [0.25, 0.3) is 0 Å². The number of nitrogens with zero attached hydrogens (tertiary/aromatic N) is 3. The van der Waals surface area contributed by atoms with Crippen molar-refractivity contribution in [3.63, 3.8) is 0 Å². The molecule has 0 radical (unpaired) electrons. The normalized spacial score (nSPS) is 15.5. The molecule has 73 heavy (non-hydrogen) atoms. The summed E-state index contributed by atoms with van der Waals surface area (Å²) in [4.78, 5) is 16.5. The summed E-state index contributed by atoms with van der Waals surface area (Å²) in [6.45, 7) is 0. The van der Waals surface area contributed by atoms with Gasteiger partial charge in [0.15, 0.2) is 0 Å². The van der Waals surface area contributed by atoms with E-state index in [4.69, 9.17) is 15.0 Å². The van der Waals surface area contributed by atoms with Crippen LogP contribution in [0.2, 0.25) is 0 Å². The molecule has 3 aromatic heterocycles. The van der Waals surface area contributed by atoms with Crippen LogP contribution in [0.25, 0.3) is 99.4 Å². The smallest absolute Gasteiger partial charge is 0.0972 e. The summed E-state index contributed by atoms with van der Waals surface area (Å²) >= 11 is 0. The Hall–Kier alpha value is -9.05. The van der Waals surface area contributed by atoms with Crippen LogP contribution in [0.5, 0.6) is 0 Å². The maximum absolute atomic E-state index is 5.70. The zero-order valence-electron chi connectivity index (χ0n) is 40.1. The Morgan fingerprint density at radius 2 is 1.03 bits per heavy atom. The molecule has 3 aliphatic carbocycles. The van der Waals surface area contributed by atoms with Crippen LogP contribution in [-0.4, -0.2) is 15.0 Å². The number of allylic oxidation sites excluding steroid dienone is 5. The standard InChI is InChI=1S/C70H47N3/c1-4-19-44(20-5-1)62-39-37-45-35-36-46-38-40-64(73-69(46)68(45)71-62)66-55-31-12-10-29-53(55)65(54-30-11-13-32-56(54)66)47-21-18-22-48(41-47)67-59-42-58-51-27-14-16-33-60(51)70(49-23-6-2-7-24-49,50-25-8-3-9-26-50)61(58)43-57(59)52-28-15-17-34-63(52)72-67/h1-14,16-27,29-40,42-43,48H,15,28,41H2. The molecule has 12 aromatic rings. The maximum atomic E-state index is 5.70. The van der Waals surface area contributed by atoms with Crippen LogP contribution in [0.4, 0.5) is 0 Å². The van der Waals surface area contributed by atoms with Gasteiger partial charge < -0.3 is 0 Å². The highest BCUT2D eigenvalue weighted by Crippen LogP contribution is 2.58. The zero-order chi connectivity index (χ0) is 48.0. The largest absolute Gasteiger partial charge is 0.252 e. The van der Waals surface area contributed by atoms with Crippen LogP contribution in [0.15, 0.2) is 237 Å². The van der Waals surface area contributed by atoms with E-state index in [0.29, 0.717) is 0 Å². The summed E-state index contributed by atoms with van der Waals surface area (Å²) in [6.07, 6.45) is 14.4. The van der Waals surface area contributed by atoms with Gasteiger partial charge in [-0.2, -0.15) is 0 Å². The Bertz CT molecular complexity index is 4240. The Morgan fingerprint density at radius 3 is 1.71 bits per heavy atom. The first kappa shape index (κ1) is 41.7. The maximum Gasteiger partial charge on any atom is 0.0972 e. The highest BCUT2D eigenvalue weighted by Gasteiger charge is 2.46. The van der Waals surface area contributed by atoms with Crippen LogP contribution in [-0.2, 0) is 11.8 Å². The molecule has 3 heterocycles. The molecule has 0 bridgehead atoms. The van der Waals surface area contributed by atoms with E-state index in [1.54, 1.807) is 0 Å². The minimum Gasteiger partial charge on any atom is -0.252 e. The number of aryl methyl sites for hydroxylation is 1. The van der Waals surface area contributed by atoms with Crippen LogP contribution in [0, 0.1) is 0 Å². The fraction of sp³-hybridized carbons (Fsp3) is 0.0714. The Labute approximate surface area is 424 Å². The van der Waals surface area contributed by atoms with Gasteiger partial charge in [-0.3, -0.25) is 4.98 Å². The van der Waals surface area contributed by atoms with Crippen molar-refractivity contribution in [1.82, 2.24) is 15.0 Å². The number of fused-ring (bicyclic) bond motifs is 11. The molecule has 0 fully saturated rings. The molecule has 9 aromatic carbocycles. The lowest BCUT2D eigenvalue weighted by Crippen LogP contribution is -2.28. The van der Waals surface area contributed by atoms with E-state index in [9.17, 15) is 0 Å². The van der Waals surface area contributed by atoms with Gasteiger partial charge in [-0.15, -0.1) is 0 Å². The molecule has 0 saturated carbocycles. The van der Waals surface area contributed by atoms with Gasteiger partial charge in [0.1, 0.15) is 0 Å². The third-order valence-corrected chi connectivity index (χ3v) is 16.1. The van der Waals surface area contributed by atoms with E-state index < -0.39 is 5.41 Å². The summed E-state index contributed by atoms with van der Waals surface area (Å²) in [7, 11) is 0. The van der Waals surface area contributed by atoms with Crippen molar-refractivity contribution < 1.29 is 0 Å². The van der Waals surface area contributed by atoms with Crippen LogP contribution >= 0.6 is 0 Å². The van der Waals surface area contributed by atoms with Gasteiger partial charge in [-0.05, 0) is 127 Å². The predicted molar refractivity (Wildman–Crippen MR) is 304 cm³/mol. The molecule has 3 aliphatic rings. The van der Waals surface area contributed by atoms with E-state index in [0.717, 1.165) is 75.0 Å². The SMILES string of the molecule is C1=CC(c2nc3c(c4cc5c(cc24)-c2ccccc2C5(c2ccccc2)c2ccccc2)CCC=C3)CC(c2c3ccccc3c(-c3ccc4ccc5ccc(-c6ccccc6)nc5c4n3)c3ccccc23)=C1. The molecular weight excluding hydrogens is 883 g/mol. The van der Waals surface area contributed by atoms with Gasteiger partial charge in [-0.1, -0.05) is 212 Å². The van der Waals surface area contributed by atoms with Gasteiger partial charge >= 0.3 is 0 Å². The molecule has 342 valence electrons. The minimum absolute atomic E-state index is 0.0479. The number of aromatic nitrogens is 3. The lowest BCUT2D eigenvalue weighted by Gasteiger charge is -2.34. The summed E-state index contributed by atoms with van der Waals surface area (Å²) < 4.78 is 0. The van der Waals surface area contributed by atoms with E-state index in [-0.39, 0.29) is 5.92 Å². The Kier molecular flexibility index (Phi) is 9.44. The second-order valence-corrected chi connectivity index (χ2v) is 20.0. The quantitative estimate of drug-likeness (QED) is 0.123. The number of hydrogen-bond donors (Lipinski definition) is 0. The molecule has 0 spiro atoms. The van der Waals surface area contributed by atoms with E-state index in [2.05, 4.69) is 237 Å². The van der Waals surface area contributed by atoms with Gasteiger partial charge in [0.05, 0.1) is 39.2 Å². The molecule has 0 N–H and O–H groups in total. The summed E-state index contributed by atoms with van der Waals surface area (Å²) in [5.41, 5.74) is 19.4. The molecule has 0 saturated heterocycles. The number of hydrogen-bond acceptors (Lipinski definition) is 3. The third-order valence-electron chi connectivity index (χ3n) is 16.1. The summed E-state index contributed by atoms with van der Waals surface area (Å²) in [5.74, 6) is 0.0479.